The Kier molecular flexibility index (Phi) is 5.00. The topological polar surface area (TPSA) is 42.0 Å². The average molecular weight is 423 g/mol. The zero-order valence-corrected chi connectivity index (χ0v) is 17.3. The zero-order valence-electron chi connectivity index (χ0n) is 15.7. The lowest BCUT2D eigenvalue weighted by molar-refractivity contribution is 0.0939. The molecular weight excluding hydrogens is 400 g/mol. The van der Waals surface area contributed by atoms with Crippen molar-refractivity contribution in [3.8, 4) is 11.3 Å². The Balaban J connectivity index is 1.82. The molecule has 1 fully saturated rings. The fourth-order valence-electron chi connectivity index (χ4n) is 3.77. The van der Waals surface area contributed by atoms with Gasteiger partial charge in [0.15, 0.2) is 0 Å². The highest BCUT2D eigenvalue weighted by atomic mass is 79.9. The van der Waals surface area contributed by atoms with E-state index in [0.29, 0.717) is 5.56 Å². The third kappa shape index (κ3) is 3.77. The summed E-state index contributed by atoms with van der Waals surface area (Å²) in [4.78, 5) is 17.9. The highest BCUT2D eigenvalue weighted by Gasteiger charge is 2.20. The first-order valence-electron chi connectivity index (χ1n) is 9.50. The molecule has 3 nitrogen and oxygen atoms in total. The van der Waals surface area contributed by atoms with Gasteiger partial charge in [-0.15, -0.1) is 0 Å². The Morgan fingerprint density at radius 3 is 2.56 bits per heavy atom. The van der Waals surface area contributed by atoms with Crippen LogP contribution in [0, 0.1) is 13.8 Å². The summed E-state index contributed by atoms with van der Waals surface area (Å²) in [6.07, 6.45) is 4.54. The summed E-state index contributed by atoms with van der Waals surface area (Å²) < 4.78 is 0.950. The molecule has 138 valence electrons. The van der Waals surface area contributed by atoms with Crippen molar-refractivity contribution in [2.75, 3.05) is 0 Å². The van der Waals surface area contributed by atoms with Gasteiger partial charge in [0.25, 0.3) is 5.91 Å². The van der Waals surface area contributed by atoms with E-state index in [-0.39, 0.29) is 11.9 Å². The van der Waals surface area contributed by atoms with Gasteiger partial charge in [-0.1, -0.05) is 40.9 Å². The normalized spacial score (nSPS) is 14.6. The molecule has 1 aliphatic rings. The van der Waals surface area contributed by atoms with E-state index >= 15 is 0 Å². The molecule has 27 heavy (non-hydrogen) atoms. The van der Waals surface area contributed by atoms with Crippen LogP contribution in [-0.2, 0) is 0 Å². The minimum Gasteiger partial charge on any atom is -0.349 e. The number of aromatic nitrogens is 1. The second-order valence-electron chi connectivity index (χ2n) is 7.47. The highest BCUT2D eigenvalue weighted by molar-refractivity contribution is 9.10. The second-order valence-corrected chi connectivity index (χ2v) is 8.39. The van der Waals surface area contributed by atoms with Crippen molar-refractivity contribution >= 4 is 32.7 Å². The monoisotopic (exact) mass is 422 g/mol. The third-order valence-electron chi connectivity index (χ3n) is 5.51. The molecule has 4 heteroatoms. The van der Waals surface area contributed by atoms with Gasteiger partial charge in [0, 0.05) is 21.5 Å². The van der Waals surface area contributed by atoms with Crippen LogP contribution in [0.3, 0.4) is 0 Å². The molecule has 1 aromatic heterocycles. The Hall–Kier alpha value is -2.20. The largest absolute Gasteiger partial charge is 0.349 e. The van der Waals surface area contributed by atoms with Crippen molar-refractivity contribution in [1.29, 1.82) is 0 Å². The molecule has 0 unspecified atom stereocenters. The van der Waals surface area contributed by atoms with E-state index < -0.39 is 0 Å². The van der Waals surface area contributed by atoms with E-state index in [4.69, 9.17) is 4.98 Å². The number of halogens is 1. The van der Waals surface area contributed by atoms with E-state index in [2.05, 4.69) is 53.3 Å². The summed E-state index contributed by atoms with van der Waals surface area (Å²) in [5, 5.41) is 4.11. The number of rotatable bonds is 3. The van der Waals surface area contributed by atoms with Gasteiger partial charge in [-0.3, -0.25) is 4.79 Å². The molecule has 1 amide bonds. The van der Waals surface area contributed by atoms with Crippen LogP contribution in [0.15, 0.2) is 46.9 Å². The first-order chi connectivity index (χ1) is 13.0. The average Bonchev–Trinajstić information content (AvgIpc) is 3.16. The summed E-state index contributed by atoms with van der Waals surface area (Å²) in [5.74, 6) is -0.00233. The maximum absolute atomic E-state index is 13.1. The minimum absolute atomic E-state index is 0.00233. The van der Waals surface area contributed by atoms with Gasteiger partial charge in [0.2, 0.25) is 0 Å². The molecule has 1 N–H and O–H groups in total. The molecule has 0 radical (unpaired) electrons. The van der Waals surface area contributed by atoms with Crippen LogP contribution in [0.4, 0.5) is 0 Å². The van der Waals surface area contributed by atoms with Crippen LogP contribution in [-0.4, -0.2) is 16.9 Å². The summed E-state index contributed by atoms with van der Waals surface area (Å²) in [7, 11) is 0. The Morgan fingerprint density at radius 2 is 1.81 bits per heavy atom. The number of benzene rings is 2. The molecule has 0 spiro atoms. The lowest BCUT2D eigenvalue weighted by Gasteiger charge is -2.15. The van der Waals surface area contributed by atoms with Crippen LogP contribution in [0.1, 0.15) is 47.2 Å². The lowest BCUT2D eigenvalue weighted by atomic mass is 10.0. The van der Waals surface area contributed by atoms with Crippen molar-refractivity contribution in [3.63, 3.8) is 0 Å². The van der Waals surface area contributed by atoms with E-state index in [1.165, 1.54) is 24.0 Å². The van der Waals surface area contributed by atoms with E-state index in [9.17, 15) is 4.79 Å². The molecular formula is C23H23BrN2O. The zero-order chi connectivity index (χ0) is 19.0. The van der Waals surface area contributed by atoms with Gasteiger partial charge in [0.05, 0.1) is 16.8 Å². The maximum Gasteiger partial charge on any atom is 0.252 e. The van der Waals surface area contributed by atoms with E-state index in [1.807, 2.05) is 24.3 Å². The Labute approximate surface area is 168 Å². The van der Waals surface area contributed by atoms with Crippen LogP contribution in [0.25, 0.3) is 22.2 Å². The Morgan fingerprint density at radius 1 is 1.04 bits per heavy atom. The second kappa shape index (κ2) is 7.43. The van der Waals surface area contributed by atoms with Crippen molar-refractivity contribution < 1.29 is 4.79 Å². The van der Waals surface area contributed by atoms with Gasteiger partial charge < -0.3 is 5.32 Å². The third-order valence-corrected chi connectivity index (χ3v) is 6.00. The molecule has 2 aromatic carbocycles. The molecule has 1 heterocycles. The molecule has 1 saturated carbocycles. The molecule has 1 aliphatic carbocycles. The van der Waals surface area contributed by atoms with Crippen LogP contribution < -0.4 is 5.32 Å². The summed E-state index contributed by atoms with van der Waals surface area (Å²) >= 11 is 3.53. The number of nitrogens with zero attached hydrogens (tertiary/aromatic N) is 1. The van der Waals surface area contributed by atoms with Gasteiger partial charge in [-0.05, 0) is 68.1 Å². The number of pyridine rings is 1. The fourth-order valence-corrected chi connectivity index (χ4v) is 4.13. The predicted octanol–water partition coefficient (Wildman–Crippen LogP) is 5.95. The molecule has 3 aromatic rings. The number of carbonyl (C=O) groups excluding carboxylic acids is 1. The predicted molar refractivity (Wildman–Crippen MR) is 114 cm³/mol. The number of aryl methyl sites for hydroxylation is 2. The molecule has 0 aliphatic heterocycles. The van der Waals surface area contributed by atoms with E-state index in [1.54, 1.807) is 0 Å². The molecule has 0 bridgehead atoms. The standard InChI is InChI=1S/C23H23BrN2O/c1-14-7-8-16(11-15(14)2)22-13-20(23(27)25-18-5-3-4-6-18)19-12-17(24)9-10-21(19)26-22/h7-13,18H,3-6H2,1-2H3,(H,25,27). The van der Waals surface area contributed by atoms with E-state index in [0.717, 1.165) is 39.5 Å². The number of hydrogen-bond acceptors (Lipinski definition) is 2. The summed E-state index contributed by atoms with van der Waals surface area (Å²) in [6.45, 7) is 4.20. The number of hydrogen-bond donors (Lipinski definition) is 1. The maximum atomic E-state index is 13.1. The molecule has 0 saturated heterocycles. The SMILES string of the molecule is Cc1ccc(-c2cc(C(=O)NC3CCCC3)c3cc(Br)ccc3n2)cc1C. The van der Waals surface area contributed by atoms with Gasteiger partial charge in [-0.2, -0.15) is 0 Å². The molecule has 4 rings (SSSR count). The van der Waals surface area contributed by atoms with Crippen molar-refractivity contribution in [2.24, 2.45) is 0 Å². The summed E-state index contributed by atoms with van der Waals surface area (Å²) in [6, 6.07) is 14.5. The van der Waals surface area contributed by atoms with Crippen molar-refractivity contribution in [1.82, 2.24) is 10.3 Å². The number of nitrogens with one attached hydrogen (secondary N) is 1. The Bertz CT molecular complexity index is 1020. The fraction of sp³-hybridized carbons (Fsp3) is 0.304. The highest BCUT2D eigenvalue weighted by Crippen LogP contribution is 2.29. The van der Waals surface area contributed by atoms with Crippen molar-refractivity contribution in [3.05, 3.63) is 63.6 Å². The minimum atomic E-state index is -0.00233. The first kappa shape index (κ1) is 18.2. The summed E-state index contributed by atoms with van der Waals surface area (Å²) in [5.41, 5.74) is 5.89. The van der Waals surface area contributed by atoms with Gasteiger partial charge in [-0.25, -0.2) is 4.98 Å². The smallest absolute Gasteiger partial charge is 0.252 e. The first-order valence-corrected chi connectivity index (χ1v) is 10.3. The van der Waals surface area contributed by atoms with Crippen LogP contribution in [0.5, 0.6) is 0 Å². The van der Waals surface area contributed by atoms with Gasteiger partial charge in [0.1, 0.15) is 0 Å². The van der Waals surface area contributed by atoms with Crippen molar-refractivity contribution in [2.45, 2.75) is 45.6 Å². The van der Waals surface area contributed by atoms with Crippen LogP contribution in [0.2, 0.25) is 0 Å². The lowest BCUT2D eigenvalue weighted by Crippen LogP contribution is -2.32. The number of carbonyl (C=O) groups is 1. The number of amides is 1. The van der Waals surface area contributed by atoms with Gasteiger partial charge >= 0.3 is 0 Å². The number of fused-ring (bicyclic) bond motifs is 1. The van der Waals surface area contributed by atoms with Crippen LogP contribution >= 0.6 is 15.9 Å². The quantitative estimate of drug-likeness (QED) is 0.565. The molecule has 0 atom stereocenters.